The molecule has 2 aromatic carbocycles. The van der Waals surface area contributed by atoms with Crippen LogP contribution >= 0.6 is 0 Å². The lowest BCUT2D eigenvalue weighted by molar-refractivity contribution is -0.137. The first kappa shape index (κ1) is 19.7. The molecule has 0 N–H and O–H groups in total. The van der Waals surface area contributed by atoms with Crippen molar-refractivity contribution in [3.05, 3.63) is 65.2 Å². The molecule has 3 rings (SSSR count). The van der Waals surface area contributed by atoms with Crippen molar-refractivity contribution in [1.82, 2.24) is 0 Å². The highest BCUT2D eigenvalue weighted by Gasteiger charge is 2.33. The van der Waals surface area contributed by atoms with Crippen molar-refractivity contribution in [2.24, 2.45) is 5.41 Å². The molecule has 0 saturated heterocycles. The smallest absolute Gasteiger partial charge is 0.224 e. The monoisotopic (exact) mass is 394 g/mol. The molecule has 0 atom stereocenters. The van der Waals surface area contributed by atoms with Crippen LogP contribution in [0.5, 0.6) is 0 Å². The Hall–Kier alpha value is -2.08. The van der Waals surface area contributed by atoms with E-state index in [-0.39, 0.29) is 10.3 Å². The van der Waals surface area contributed by atoms with Crippen molar-refractivity contribution < 1.29 is 21.6 Å². The highest BCUT2D eigenvalue weighted by atomic mass is 32.2. The molecule has 0 amide bonds. The lowest BCUT2D eigenvalue weighted by atomic mass is 9.87. The first-order valence-corrected chi connectivity index (χ1v) is 10.5. The molecule has 0 heterocycles. The zero-order chi connectivity index (χ0) is 20.0. The summed E-state index contributed by atoms with van der Waals surface area (Å²) in [5.41, 5.74) is 3.07. The number of hydrogen-bond donors (Lipinski definition) is 0. The molecule has 2 nitrogen and oxygen atoms in total. The fraction of sp³-hybridized carbons (Fsp3) is 0.333. The number of halogens is 3. The van der Waals surface area contributed by atoms with Gasteiger partial charge in [0.05, 0.1) is 10.5 Å². The molecule has 0 spiro atoms. The van der Waals surface area contributed by atoms with Crippen LogP contribution in [0.3, 0.4) is 0 Å². The summed E-state index contributed by atoms with van der Waals surface area (Å²) in [6.45, 7) is 4.24. The van der Waals surface area contributed by atoms with Gasteiger partial charge in [-0.05, 0) is 64.8 Å². The Kier molecular flexibility index (Phi) is 4.75. The number of sulfone groups is 1. The number of rotatable bonds is 3. The summed E-state index contributed by atoms with van der Waals surface area (Å²) in [6.07, 6.45) is -1.66. The topological polar surface area (TPSA) is 34.1 Å². The Morgan fingerprint density at radius 2 is 1.22 bits per heavy atom. The number of benzene rings is 2. The predicted molar refractivity (Wildman–Crippen MR) is 101 cm³/mol. The fourth-order valence-corrected chi connectivity index (χ4v) is 4.18. The molecule has 0 fully saturated rings. The maximum absolute atomic E-state index is 12.8. The van der Waals surface area contributed by atoms with Crippen LogP contribution in [-0.2, 0) is 16.0 Å². The number of allylic oxidation sites excluding steroid dienone is 2. The minimum Gasteiger partial charge on any atom is -0.224 e. The zero-order valence-corrected chi connectivity index (χ0v) is 16.2. The third-order valence-corrected chi connectivity index (χ3v) is 6.00. The van der Waals surface area contributed by atoms with Crippen LogP contribution in [0.15, 0.2) is 53.4 Å². The van der Waals surface area contributed by atoms with Crippen molar-refractivity contribution >= 4 is 21.0 Å². The van der Waals surface area contributed by atoms with Crippen molar-refractivity contribution in [2.45, 2.75) is 37.8 Å². The normalized spacial score (nSPS) is 17.4. The minimum absolute atomic E-state index is 0.0110. The van der Waals surface area contributed by atoms with Crippen LogP contribution < -0.4 is 0 Å². The minimum atomic E-state index is -4.35. The van der Waals surface area contributed by atoms with Gasteiger partial charge in [-0.3, -0.25) is 0 Å². The molecule has 144 valence electrons. The summed E-state index contributed by atoms with van der Waals surface area (Å²) in [6, 6.07) is 12.0. The Labute approximate surface area is 157 Å². The van der Waals surface area contributed by atoms with Gasteiger partial charge in [-0.1, -0.05) is 38.1 Å². The number of hydrogen-bond acceptors (Lipinski definition) is 2. The zero-order valence-electron chi connectivity index (χ0n) is 15.4. The molecule has 0 bridgehead atoms. The largest absolute Gasteiger partial charge is 0.416 e. The second kappa shape index (κ2) is 6.51. The van der Waals surface area contributed by atoms with E-state index in [2.05, 4.69) is 13.8 Å². The standard InChI is InChI=1S/C21H21F3O2S/c1-20(2)12-18(14-4-8-16(9-5-14)21(22,23)24)19(13-20)15-6-10-17(11-7-15)27(3,25)26/h4-11H,12-13H2,1-3H3. The van der Waals surface area contributed by atoms with Crippen LogP contribution in [-0.4, -0.2) is 14.7 Å². The van der Waals surface area contributed by atoms with E-state index in [9.17, 15) is 21.6 Å². The van der Waals surface area contributed by atoms with Gasteiger partial charge in [-0.25, -0.2) is 8.42 Å². The van der Waals surface area contributed by atoms with Gasteiger partial charge in [0, 0.05) is 6.26 Å². The molecule has 0 unspecified atom stereocenters. The van der Waals surface area contributed by atoms with Crippen molar-refractivity contribution in [3.63, 3.8) is 0 Å². The summed E-state index contributed by atoms with van der Waals surface area (Å²) in [7, 11) is -3.27. The van der Waals surface area contributed by atoms with Gasteiger partial charge < -0.3 is 0 Å². The second-order valence-electron chi connectivity index (χ2n) is 7.85. The first-order valence-electron chi connectivity index (χ1n) is 8.57. The molecule has 1 aliphatic rings. The van der Waals surface area contributed by atoms with Crippen molar-refractivity contribution in [1.29, 1.82) is 0 Å². The second-order valence-corrected chi connectivity index (χ2v) is 9.86. The van der Waals surface area contributed by atoms with E-state index in [4.69, 9.17) is 0 Å². The van der Waals surface area contributed by atoms with Crippen LogP contribution in [0, 0.1) is 5.41 Å². The van der Waals surface area contributed by atoms with E-state index >= 15 is 0 Å². The Morgan fingerprint density at radius 3 is 1.59 bits per heavy atom. The summed E-state index contributed by atoms with van der Waals surface area (Å²) in [5.74, 6) is 0. The highest BCUT2D eigenvalue weighted by Crippen LogP contribution is 2.49. The third kappa shape index (κ3) is 4.26. The van der Waals surface area contributed by atoms with Crippen LogP contribution in [0.4, 0.5) is 13.2 Å². The van der Waals surface area contributed by atoms with E-state index in [1.807, 2.05) is 0 Å². The van der Waals surface area contributed by atoms with Gasteiger partial charge in [0.15, 0.2) is 9.84 Å². The van der Waals surface area contributed by atoms with Crippen molar-refractivity contribution in [3.8, 4) is 0 Å². The first-order chi connectivity index (χ1) is 12.4. The molecule has 0 saturated carbocycles. The summed E-state index contributed by atoms with van der Waals surface area (Å²) < 4.78 is 61.8. The average Bonchev–Trinajstić information content (AvgIpc) is 2.89. The Bertz CT molecular complexity index is 981. The summed E-state index contributed by atoms with van der Waals surface area (Å²) in [4.78, 5) is 0.250. The lowest BCUT2D eigenvalue weighted by Gasteiger charge is -2.17. The molecule has 2 aromatic rings. The van der Waals surface area contributed by atoms with E-state index in [0.29, 0.717) is 0 Å². The molecule has 0 aromatic heterocycles. The van der Waals surface area contributed by atoms with Crippen LogP contribution in [0.2, 0.25) is 0 Å². The van der Waals surface area contributed by atoms with E-state index in [1.165, 1.54) is 12.1 Å². The van der Waals surface area contributed by atoms with Crippen molar-refractivity contribution in [2.75, 3.05) is 6.26 Å². The van der Waals surface area contributed by atoms with Gasteiger partial charge >= 0.3 is 6.18 Å². The lowest BCUT2D eigenvalue weighted by Crippen LogP contribution is -2.06. The predicted octanol–water partition coefficient (Wildman–Crippen LogP) is 5.84. The summed E-state index contributed by atoms with van der Waals surface area (Å²) >= 11 is 0. The average molecular weight is 394 g/mol. The molecule has 1 aliphatic carbocycles. The van der Waals surface area contributed by atoms with E-state index < -0.39 is 21.6 Å². The maximum Gasteiger partial charge on any atom is 0.416 e. The maximum atomic E-state index is 12.8. The molecule has 0 aliphatic heterocycles. The van der Waals surface area contributed by atoms with Crippen LogP contribution in [0.25, 0.3) is 11.1 Å². The number of alkyl halides is 3. The molecule has 0 radical (unpaired) electrons. The SMILES string of the molecule is CC1(C)CC(c2ccc(C(F)(F)F)cc2)=C(c2ccc(S(C)(=O)=O)cc2)C1. The van der Waals surface area contributed by atoms with Gasteiger partial charge in [0.2, 0.25) is 0 Å². The van der Waals surface area contributed by atoms with E-state index in [1.54, 1.807) is 24.3 Å². The molecular weight excluding hydrogens is 373 g/mol. The molecule has 6 heteroatoms. The fourth-order valence-electron chi connectivity index (χ4n) is 3.55. The molecular formula is C21H21F3O2S. The van der Waals surface area contributed by atoms with E-state index in [0.717, 1.165) is 53.5 Å². The van der Waals surface area contributed by atoms with Crippen LogP contribution in [0.1, 0.15) is 43.4 Å². The summed E-state index contributed by atoms with van der Waals surface area (Å²) in [5, 5.41) is 0. The van der Waals surface area contributed by atoms with Gasteiger partial charge in [-0.2, -0.15) is 13.2 Å². The van der Waals surface area contributed by atoms with Gasteiger partial charge in [0.1, 0.15) is 0 Å². The van der Waals surface area contributed by atoms with Gasteiger partial charge in [0.25, 0.3) is 0 Å². The quantitative estimate of drug-likeness (QED) is 0.655. The molecule has 27 heavy (non-hydrogen) atoms. The third-order valence-electron chi connectivity index (χ3n) is 4.87. The van der Waals surface area contributed by atoms with Gasteiger partial charge in [-0.15, -0.1) is 0 Å². The Balaban J connectivity index is 2.04. The highest BCUT2D eigenvalue weighted by molar-refractivity contribution is 7.90. The Morgan fingerprint density at radius 1 is 0.815 bits per heavy atom.